The topological polar surface area (TPSA) is 15.3 Å². The van der Waals surface area contributed by atoms with Gasteiger partial charge in [-0.1, -0.05) is 44.5 Å². The van der Waals surface area contributed by atoms with E-state index in [0.29, 0.717) is 10.5 Å². The normalized spacial score (nSPS) is 23.1. The number of nitrogens with one attached hydrogen (secondary N) is 1. The summed E-state index contributed by atoms with van der Waals surface area (Å²) in [6.07, 6.45) is 1.16. The van der Waals surface area contributed by atoms with Crippen molar-refractivity contribution in [3.05, 3.63) is 28.8 Å². The molecule has 20 heavy (non-hydrogen) atoms. The van der Waals surface area contributed by atoms with Crippen LogP contribution in [0.2, 0.25) is 5.02 Å². The fraction of sp³-hybridized carbons (Fsp3) is 0.625. The third-order valence-electron chi connectivity index (χ3n) is 3.55. The molecule has 1 N–H and O–H groups in total. The zero-order valence-electron chi connectivity index (χ0n) is 12.7. The minimum atomic E-state index is 0.659. The second-order valence-electron chi connectivity index (χ2n) is 5.59. The fourth-order valence-corrected chi connectivity index (χ4v) is 4.46. The highest BCUT2D eigenvalue weighted by Gasteiger charge is 2.25. The molecule has 2 atom stereocenters. The van der Waals surface area contributed by atoms with E-state index < -0.39 is 0 Å². The quantitative estimate of drug-likeness (QED) is 0.822. The van der Waals surface area contributed by atoms with Gasteiger partial charge in [0.05, 0.1) is 10.7 Å². The van der Waals surface area contributed by atoms with Gasteiger partial charge in [0.15, 0.2) is 0 Å². The molecule has 4 heteroatoms. The molecule has 0 bridgehead atoms. The summed E-state index contributed by atoms with van der Waals surface area (Å²) in [4.78, 5) is 2.47. The molecule has 112 valence electrons. The largest absolute Gasteiger partial charge is 0.368 e. The van der Waals surface area contributed by atoms with Gasteiger partial charge in [0, 0.05) is 30.1 Å². The van der Waals surface area contributed by atoms with E-state index in [1.807, 2.05) is 6.07 Å². The number of benzene rings is 1. The summed E-state index contributed by atoms with van der Waals surface area (Å²) in [6.45, 7) is 10.9. The minimum absolute atomic E-state index is 0.659. The lowest BCUT2D eigenvalue weighted by atomic mass is 10.1. The Morgan fingerprint density at radius 1 is 1.30 bits per heavy atom. The lowest BCUT2D eigenvalue weighted by Gasteiger charge is -2.37. The SMILES string of the molecule is CCCNCc1cccc(Cl)c1N1CC(C)SC(C)C1. The van der Waals surface area contributed by atoms with E-state index in [1.165, 1.54) is 11.3 Å². The number of hydrogen-bond acceptors (Lipinski definition) is 3. The molecule has 1 heterocycles. The molecular formula is C16H25ClN2S. The Labute approximate surface area is 132 Å². The predicted molar refractivity (Wildman–Crippen MR) is 92.2 cm³/mol. The van der Waals surface area contributed by atoms with Crippen LogP contribution in [0.3, 0.4) is 0 Å². The first kappa shape index (κ1) is 16.0. The van der Waals surface area contributed by atoms with Crippen LogP contribution >= 0.6 is 23.4 Å². The van der Waals surface area contributed by atoms with E-state index in [9.17, 15) is 0 Å². The molecule has 0 aromatic heterocycles. The lowest BCUT2D eigenvalue weighted by Crippen LogP contribution is -2.41. The first-order valence-corrected chi connectivity index (χ1v) is 8.82. The van der Waals surface area contributed by atoms with Crippen molar-refractivity contribution < 1.29 is 0 Å². The minimum Gasteiger partial charge on any atom is -0.368 e. The summed E-state index contributed by atoms with van der Waals surface area (Å²) in [5.74, 6) is 0. The Hall–Kier alpha value is -0.380. The summed E-state index contributed by atoms with van der Waals surface area (Å²) in [7, 11) is 0. The number of thioether (sulfide) groups is 1. The van der Waals surface area contributed by atoms with Gasteiger partial charge >= 0.3 is 0 Å². The van der Waals surface area contributed by atoms with Crippen molar-refractivity contribution in [2.75, 3.05) is 24.5 Å². The molecule has 0 amide bonds. The van der Waals surface area contributed by atoms with Crippen LogP contribution in [0.1, 0.15) is 32.8 Å². The Kier molecular flexibility index (Phi) is 6.06. The van der Waals surface area contributed by atoms with Gasteiger partial charge in [0.25, 0.3) is 0 Å². The van der Waals surface area contributed by atoms with Crippen LogP contribution in [0, 0.1) is 0 Å². The van der Waals surface area contributed by atoms with E-state index >= 15 is 0 Å². The smallest absolute Gasteiger partial charge is 0.0642 e. The van der Waals surface area contributed by atoms with Gasteiger partial charge < -0.3 is 10.2 Å². The summed E-state index contributed by atoms with van der Waals surface area (Å²) >= 11 is 8.57. The van der Waals surface area contributed by atoms with Crippen molar-refractivity contribution in [3.8, 4) is 0 Å². The second-order valence-corrected chi connectivity index (χ2v) is 7.88. The highest BCUT2D eigenvalue weighted by molar-refractivity contribution is 8.00. The van der Waals surface area contributed by atoms with Gasteiger partial charge in [0.2, 0.25) is 0 Å². The number of nitrogens with zero attached hydrogens (tertiary/aromatic N) is 1. The van der Waals surface area contributed by atoms with Gasteiger partial charge in [-0.2, -0.15) is 11.8 Å². The number of halogens is 1. The summed E-state index contributed by atoms with van der Waals surface area (Å²) in [5.41, 5.74) is 2.55. The maximum absolute atomic E-state index is 6.49. The molecule has 1 aromatic rings. The van der Waals surface area contributed by atoms with Gasteiger partial charge in [-0.05, 0) is 24.6 Å². The van der Waals surface area contributed by atoms with Crippen molar-refractivity contribution in [2.45, 2.75) is 44.2 Å². The Morgan fingerprint density at radius 3 is 2.65 bits per heavy atom. The molecule has 1 saturated heterocycles. The molecule has 0 radical (unpaired) electrons. The Balaban J connectivity index is 2.20. The maximum atomic E-state index is 6.49. The average molecular weight is 313 g/mol. The monoisotopic (exact) mass is 312 g/mol. The fourth-order valence-electron chi connectivity index (χ4n) is 2.82. The van der Waals surface area contributed by atoms with Crippen LogP contribution in [0.5, 0.6) is 0 Å². The zero-order valence-corrected chi connectivity index (χ0v) is 14.2. The Bertz CT molecular complexity index is 428. The van der Waals surface area contributed by atoms with Crippen molar-refractivity contribution in [3.63, 3.8) is 0 Å². The molecule has 2 rings (SSSR count). The molecule has 0 saturated carbocycles. The molecule has 1 aliphatic heterocycles. The number of hydrogen-bond donors (Lipinski definition) is 1. The van der Waals surface area contributed by atoms with Gasteiger partial charge in [-0.25, -0.2) is 0 Å². The van der Waals surface area contributed by atoms with Crippen LogP contribution in [-0.2, 0) is 6.54 Å². The van der Waals surface area contributed by atoms with Crippen molar-refractivity contribution >= 4 is 29.1 Å². The molecule has 1 fully saturated rings. The van der Waals surface area contributed by atoms with Crippen LogP contribution in [0.4, 0.5) is 5.69 Å². The predicted octanol–water partition coefficient (Wildman–Crippen LogP) is 4.17. The van der Waals surface area contributed by atoms with E-state index in [1.54, 1.807) is 0 Å². The standard InChI is InChI=1S/C16H25ClN2S/c1-4-8-18-9-14-6-5-7-15(17)16(14)19-10-12(2)20-13(3)11-19/h5-7,12-13,18H,4,8-11H2,1-3H3. The van der Waals surface area contributed by atoms with Crippen molar-refractivity contribution in [2.24, 2.45) is 0 Å². The number of para-hydroxylation sites is 1. The summed E-state index contributed by atoms with van der Waals surface area (Å²) in [6, 6.07) is 6.26. The van der Waals surface area contributed by atoms with Crippen LogP contribution in [0.25, 0.3) is 0 Å². The first-order chi connectivity index (χ1) is 9.61. The molecule has 0 spiro atoms. The van der Waals surface area contributed by atoms with E-state index in [4.69, 9.17) is 11.6 Å². The van der Waals surface area contributed by atoms with Crippen LogP contribution in [-0.4, -0.2) is 30.1 Å². The van der Waals surface area contributed by atoms with Crippen LogP contribution < -0.4 is 10.2 Å². The number of rotatable bonds is 5. The van der Waals surface area contributed by atoms with Crippen molar-refractivity contribution in [1.82, 2.24) is 5.32 Å². The molecular weight excluding hydrogens is 288 g/mol. The third kappa shape index (κ3) is 4.06. The molecule has 1 aromatic carbocycles. The van der Waals surface area contributed by atoms with Gasteiger partial charge in [-0.15, -0.1) is 0 Å². The lowest BCUT2D eigenvalue weighted by molar-refractivity contribution is 0.667. The number of anilines is 1. The zero-order chi connectivity index (χ0) is 14.5. The molecule has 2 unspecified atom stereocenters. The second kappa shape index (κ2) is 7.58. The van der Waals surface area contributed by atoms with E-state index in [0.717, 1.165) is 37.6 Å². The maximum Gasteiger partial charge on any atom is 0.0642 e. The molecule has 0 aliphatic carbocycles. The highest BCUT2D eigenvalue weighted by Crippen LogP contribution is 2.35. The summed E-state index contributed by atoms with van der Waals surface area (Å²) in [5, 5.41) is 5.69. The van der Waals surface area contributed by atoms with E-state index in [-0.39, 0.29) is 0 Å². The van der Waals surface area contributed by atoms with Crippen LogP contribution in [0.15, 0.2) is 18.2 Å². The van der Waals surface area contributed by atoms with Gasteiger partial charge in [-0.3, -0.25) is 0 Å². The summed E-state index contributed by atoms with van der Waals surface area (Å²) < 4.78 is 0. The molecule has 2 nitrogen and oxygen atoms in total. The molecule has 1 aliphatic rings. The third-order valence-corrected chi connectivity index (χ3v) is 5.08. The van der Waals surface area contributed by atoms with E-state index in [2.05, 4.69) is 54.9 Å². The van der Waals surface area contributed by atoms with Crippen molar-refractivity contribution in [1.29, 1.82) is 0 Å². The Morgan fingerprint density at radius 2 is 2.00 bits per heavy atom. The average Bonchev–Trinajstić information content (AvgIpc) is 2.38. The highest BCUT2D eigenvalue weighted by atomic mass is 35.5. The van der Waals surface area contributed by atoms with Gasteiger partial charge in [0.1, 0.15) is 0 Å². The first-order valence-electron chi connectivity index (χ1n) is 7.50.